The average Bonchev–Trinajstić information content (AvgIpc) is 3.58. The summed E-state index contributed by atoms with van der Waals surface area (Å²) in [6.07, 6.45) is 4.17. The van der Waals surface area contributed by atoms with Gasteiger partial charge in [0, 0.05) is 42.2 Å². The highest BCUT2D eigenvalue weighted by atomic mass is 16.2. The van der Waals surface area contributed by atoms with Crippen molar-refractivity contribution in [3.05, 3.63) is 72.2 Å². The Bertz CT molecular complexity index is 1570. The molecule has 0 spiro atoms. The van der Waals surface area contributed by atoms with E-state index in [9.17, 15) is 4.79 Å². The predicted octanol–water partition coefficient (Wildman–Crippen LogP) is 5.09. The number of nitrogens with two attached hydrogens (primary N) is 1. The fourth-order valence-corrected chi connectivity index (χ4v) is 5.58. The second-order valence-electron chi connectivity index (χ2n) is 10.2. The minimum absolute atomic E-state index is 0.140. The van der Waals surface area contributed by atoms with Crippen LogP contribution in [0.2, 0.25) is 0 Å². The number of piperidine rings is 1. The van der Waals surface area contributed by atoms with Crippen LogP contribution in [-0.4, -0.2) is 48.6 Å². The van der Waals surface area contributed by atoms with Crippen molar-refractivity contribution in [2.24, 2.45) is 0 Å². The third kappa shape index (κ3) is 4.22. The Hall–Kier alpha value is -4.20. The molecule has 2 aromatic carbocycles. The Balaban J connectivity index is 1.39. The standard InChI is InChI=1S/C29H31N7O/c1-18(2)36-27-22-11-10-20(23-12-13-31-34-23)16-24(22)32-28(30)26(27)33-29(36)21-9-6-14-35(17-21)25(37)15-19-7-4-3-5-8-19/h3-5,7-8,10-13,16,18,21H,6,9,14-15,17H2,1-2H3,(H2,30,32)(H,31,34)/t21-/m0/s1. The largest absolute Gasteiger partial charge is 0.382 e. The molecule has 6 rings (SSSR count). The van der Waals surface area contributed by atoms with Crippen LogP contribution in [0.4, 0.5) is 5.82 Å². The molecule has 1 aliphatic rings. The fraction of sp³-hybridized carbons (Fsp3) is 0.310. The lowest BCUT2D eigenvalue weighted by Crippen LogP contribution is -2.40. The zero-order valence-electron chi connectivity index (χ0n) is 21.2. The Morgan fingerprint density at radius 2 is 1.97 bits per heavy atom. The van der Waals surface area contributed by atoms with Crippen molar-refractivity contribution in [3.8, 4) is 11.3 Å². The van der Waals surface area contributed by atoms with Crippen LogP contribution in [0, 0.1) is 0 Å². The minimum atomic E-state index is 0.140. The smallest absolute Gasteiger partial charge is 0.227 e. The molecule has 0 saturated carbocycles. The molecule has 0 unspecified atom stereocenters. The molecule has 1 atom stereocenters. The van der Waals surface area contributed by atoms with Gasteiger partial charge in [-0.2, -0.15) is 5.10 Å². The van der Waals surface area contributed by atoms with Crippen molar-refractivity contribution in [2.75, 3.05) is 18.8 Å². The third-order valence-electron chi connectivity index (χ3n) is 7.33. The average molecular weight is 494 g/mol. The predicted molar refractivity (Wildman–Crippen MR) is 146 cm³/mol. The van der Waals surface area contributed by atoms with E-state index in [4.69, 9.17) is 15.7 Å². The van der Waals surface area contributed by atoms with Crippen molar-refractivity contribution < 1.29 is 4.79 Å². The summed E-state index contributed by atoms with van der Waals surface area (Å²) < 4.78 is 2.31. The molecule has 1 saturated heterocycles. The Labute approximate surface area is 215 Å². The van der Waals surface area contributed by atoms with E-state index in [0.29, 0.717) is 18.8 Å². The number of aromatic amines is 1. The Morgan fingerprint density at radius 1 is 1.14 bits per heavy atom. The number of nitrogen functional groups attached to an aromatic ring is 1. The summed E-state index contributed by atoms with van der Waals surface area (Å²) in [5.41, 5.74) is 11.9. The number of hydrogen-bond acceptors (Lipinski definition) is 5. The molecule has 8 nitrogen and oxygen atoms in total. The van der Waals surface area contributed by atoms with Crippen molar-refractivity contribution in [2.45, 2.75) is 45.1 Å². The number of H-pyrrole nitrogens is 1. The van der Waals surface area contributed by atoms with Gasteiger partial charge in [-0.1, -0.05) is 36.4 Å². The normalized spacial score (nSPS) is 16.2. The van der Waals surface area contributed by atoms with Gasteiger partial charge in [-0.05, 0) is 50.5 Å². The number of carbonyl (C=O) groups excluding carboxylic acids is 1. The van der Waals surface area contributed by atoms with Crippen molar-refractivity contribution in [3.63, 3.8) is 0 Å². The Kier molecular flexibility index (Phi) is 5.87. The number of fused-ring (bicyclic) bond motifs is 3. The quantitative estimate of drug-likeness (QED) is 0.355. The third-order valence-corrected chi connectivity index (χ3v) is 7.33. The molecule has 8 heteroatoms. The molecule has 3 N–H and O–H groups in total. The number of nitrogens with zero attached hydrogens (tertiary/aromatic N) is 5. The first kappa shape index (κ1) is 23.2. The molecule has 0 radical (unpaired) electrons. The first-order chi connectivity index (χ1) is 18.0. The summed E-state index contributed by atoms with van der Waals surface area (Å²) in [7, 11) is 0. The first-order valence-corrected chi connectivity index (χ1v) is 12.9. The molecule has 5 aromatic rings. The molecule has 37 heavy (non-hydrogen) atoms. The number of likely N-dealkylation sites (tertiary alicyclic amines) is 1. The molecule has 3 aromatic heterocycles. The highest BCUT2D eigenvalue weighted by Gasteiger charge is 2.30. The van der Waals surface area contributed by atoms with E-state index in [0.717, 1.165) is 64.0 Å². The van der Waals surface area contributed by atoms with Gasteiger partial charge < -0.3 is 15.2 Å². The van der Waals surface area contributed by atoms with Crippen LogP contribution >= 0.6 is 0 Å². The highest BCUT2D eigenvalue weighted by molar-refractivity contribution is 6.07. The van der Waals surface area contributed by atoms with Crippen LogP contribution in [0.3, 0.4) is 0 Å². The van der Waals surface area contributed by atoms with E-state index in [2.05, 4.69) is 40.7 Å². The number of rotatable bonds is 5. The van der Waals surface area contributed by atoms with Gasteiger partial charge >= 0.3 is 0 Å². The molecule has 1 amide bonds. The molecule has 0 aliphatic carbocycles. The number of benzene rings is 2. The van der Waals surface area contributed by atoms with Gasteiger partial charge in [-0.25, -0.2) is 9.97 Å². The van der Waals surface area contributed by atoms with Crippen molar-refractivity contribution in [1.29, 1.82) is 0 Å². The number of nitrogens with one attached hydrogen (secondary N) is 1. The van der Waals surface area contributed by atoms with Gasteiger partial charge in [0.2, 0.25) is 5.91 Å². The second kappa shape index (κ2) is 9.35. The van der Waals surface area contributed by atoms with Gasteiger partial charge in [0.15, 0.2) is 5.82 Å². The van der Waals surface area contributed by atoms with E-state index in [-0.39, 0.29) is 17.9 Å². The zero-order valence-corrected chi connectivity index (χ0v) is 21.2. The topological polar surface area (TPSA) is 106 Å². The van der Waals surface area contributed by atoms with Gasteiger partial charge in [-0.3, -0.25) is 9.89 Å². The van der Waals surface area contributed by atoms with E-state index in [1.165, 1.54) is 0 Å². The summed E-state index contributed by atoms with van der Waals surface area (Å²) in [6, 6.07) is 18.3. The molecular weight excluding hydrogens is 462 g/mol. The van der Waals surface area contributed by atoms with Gasteiger partial charge in [0.05, 0.1) is 23.1 Å². The number of anilines is 1. The first-order valence-electron chi connectivity index (χ1n) is 12.9. The van der Waals surface area contributed by atoms with Crippen molar-refractivity contribution in [1.82, 2.24) is 29.6 Å². The number of aromatic nitrogens is 5. The van der Waals surface area contributed by atoms with Gasteiger partial charge in [0.1, 0.15) is 11.3 Å². The number of hydrogen-bond donors (Lipinski definition) is 2. The Morgan fingerprint density at radius 3 is 2.73 bits per heavy atom. The zero-order chi connectivity index (χ0) is 25.5. The van der Waals surface area contributed by atoms with E-state index >= 15 is 0 Å². The summed E-state index contributed by atoms with van der Waals surface area (Å²) in [6.45, 7) is 5.79. The maximum absolute atomic E-state index is 13.2. The second-order valence-corrected chi connectivity index (χ2v) is 10.2. The monoisotopic (exact) mass is 493 g/mol. The molecule has 188 valence electrons. The SMILES string of the molecule is CC(C)n1c([C@H]2CCCN(C(=O)Cc3ccccc3)C2)nc2c(N)nc3cc(-c4cc[nH]n4)ccc3c21. The summed E-state index contributed by atoms with van der Waals surface area (Å²) >= 11 is 0. The molecule has 4 heterocycles. The van der Waals surface area contributed by atoms with E-state index < -0.39 is 0 Å². The molecular formula is C29H31N7O. The molecule has 1 fully saturated rings. The van der Waals surface area contributed by atoms with Gasteiger partial charge in [0.25, 0.3) is 0 Å². The van der Waals surface area contributed by atoms with Crippen LogP contribution in [0.1, 0.15) is 50.0 Å². The number of carbonyl (C=O) groups is 1. The number of pyridine rings is 1. The van der Waals surface area contributed by atoms with Crippen molar-refractivity contribution >= 4 is 33.7 Å². The minimum Gasteiger partial charge on any atom is -0.382 e. The summed E-state index contributed by atoms with van der Waals surface area (Å²) in [5.74, 6) is 1.72. The van der Waals surface area contributed by atoms with Crippen LogP contribution in [0.5, 0.6) is 0 Å². The lowest BCUT2D eigenvalue weighted by Gasteiger charge is -2.33. The maximum Gasteiger partial charge on any atom is 0.227 e. The van der Waals surface area contributed by atoms with Crippen LogP contribution in [0.15, 0.2) is 60.8 Å². The number of imidazole rings is 1. The lowest BCUT2D eigenvalue weighted by atomic mass is 9.96. The highest BCUT2D eigenvalue weighted by Crippen LogP contribution is 2.37. The van der Waals surface area contributed by atoms with Gasteiger partial charge in [-0.15, -0.1) is 0 Å². The van der Waals surface area contributed by atoms with Crippen LogP contribution in [0.25, 0.3) is 33.2 Å². The maximum atomic E-state index is 13.2. The molecule has 1 aliphatic heterocycles. The summed E-state index contributed by atoms with van der Waals surface area (Å²) in [5, 5.41) is 8.19. The van der Waals surface area contributed by atoms with E-state index in [1.807, 2.05) is 53.6 Å². The van der Waals surface area contributed by atoms with Crippen LogP contribution in [-0.2, 0) is 11.2 Å². The fourth-order valence-electron chi connectivity index (χ4n) is 5.58. The summed E-state index contributed by atoms with van der Waals surface area (Å²) in [4.78, 5) is 25.0. The van der Waals surface area contributed by atoms with E-state index in [1.54, 1.807) is 0 Å². The number of amides is 1. The molecule has 0 bridgehead atoms. The lowest BCUT2D eigenvalue weighted by molar-refractivity contribution is -0.131. The van der Waals surface area contributed by atoms with Crippen LogP contribution < -0.4 is 5.73 Å².